The lowest BCUT2D eigenvalue weighted by Gasteiger charge is -2.26. The van der Waals surface area contributed by atoms with E-state index < -0.39 is 29.6 Å². The lowest BCUT2D eigenvalue weighted by atomic mass is 10.0. The first-order valence-corrected chi connectivity index (χ1v) is 6.40. The van der Waals surface area contributed by atoms with Gasteiger partial charge in [-0.05, 0) is 20.8 Å². The molecule has 0 heterocycles. The maximum atomic E-state index is 12.0. The average Bonchev–Trinajstić information content (AvgIpc) is 2.29. The van der Waals surface area contributed by atoms with Gasteiger partial charge < -0.3 is 19.3 Å². The molecule has 0 aromatic rings. The van der Waals surface area contributed by atoms with Crippen molar-refractivity contribution in [1.29, 1.82) is 0 Å². The van der Waals surface area contributed by atoms with E-state index in [0.29, 0.717) is 0 Å². The Bertz CT molecular complexity index is 331. The molecule has 0 radical (unpaired) electrons. The van der Waals surface area contributed by atoms with Crippen LogP contribution in [0.1, 0.15) is 27.7 Å². The molecule has 6 heteroatoms. The van der Waals surface area contributed by atoms with E-state index in [1.165, 1.54) is 13.0 Å². The van der Waals surface area contributed by atoms with Gasteiger partial charge in [0.2, 0.25) is 0 Å². The summed E-state index contributed by atoms with van der Waals surface area (Å²) < 4.78 is 15.1. The Morgan fingerprint density at radius 3 is 2.35 bits per heavy atom. The van der Waals surface area contributed by atoms with Gasteiger partial charge in [0.15, 0.2) is 0 Å². The smallest absolute Gasteiger partial charge is 0.314 e. The molecule has 2 unspecified atom stereocenters. The van der Waals surface area contributed by atoms with Gasteiger partial charge in [-0.15, -0.1) is 6.58 Å². The van der Waals surface area contributed by atoms with E-state index in [9.17, 15) is 14.7 Å². The second-order valence-corrected chi connectivity index (χ2v) is 5.34. The van der Waals surface area contributed by atoms with Crippen LogP contribution in [0.3, 0.4) is 0 Å². The summed E-state index contributed by atoms with van der Waals surface area (Å²) in [7, 11) is 0. The highest BCUT2D eigenvalue weighted by atomic mass is 16.6. The molecule has 0 amide bonds. The van der Waals surface area contributed by atoms with Crippen LogP contribution >= 0.6 is 0 Å². The lowest BCUT2D eigenvalue weighted by Crippen LogP contribution is -2.40. The molecule has 0 rings (SSSR count). The fourth-order valence-corrected chi connectivity index (χ4v) is 1.31. The summed E-state index contributed by atoms with van der Waals surface area (Å²) in [6.07, 6.45) is 0.350. The number of aliphatic hydroxyl groups is 1. The van der Waals surface area contributed by atoms with E-state index in [1.54, 1.807) is 20.8 Å². The number of ether oxygens (including phenoxy) is 3. The average molecular weight is 288 g/mol. The monoisotopic (exact) mass is 288 g/mol. The minimum Gasteiger partial charge on any atom is -0.463 e. The van der Waals surface area contributed by atoms with Crippen LogP contribution in [0, 0.1) is 5.92 Å². The van der Waals surface area contributed by atoms with E-state index in [0.717, 1.165) is 0 Å². The maximum absolute atomic E-state index is 12.0. The Hall–Kier alpha value is -1.40. The van der Waals surface area contributed by atoms with Crippen LogP contribution in [0.4, 0.5) is 0 Å². The Morgan fingerprint density at radius 1 is 1.30 bits per heavy atom. The summed E-state index contributed by atoms with van der Waals surface area (Å²) in [4.78, 5) is 22.7. The van der Waals surface area contributed by atoms with E-state index in [2.05, 4.69) is 6.58 Å². The molecule has 20 heavy (non-hydrogen) atoms. The summed E-state index contributed by atoms with van der Waals surface area (Å²) in [5, 5.41) is 9.94. The molecule has 0 aromatic heterocycles. The molecule has 0 aliphatic carbocycles. The molecule has 6 nitrogen and oxygen atoms in total. The molecule has 0 aromatic carbocycles. The third kappa shape index (κ3) is 8.66. The second kappa shape index (κ2) is 8.71. The van der Waals surface area contributed by atoms with Gasteiger partial charge in [-0.25, -0.2) is 0 Å². The van der Waals surface area contributed by atoms with Crippen molar-refractivity contribution in [2.45, 2.75) is 39.4 Å². The molecule has 0 saturated heterocycles. The predicted molar refractivity (Wildman–Crippen MR) is 73.0 cm³/mol. The normalized spacial score (nSPS) is 14.2. The molecule has 2 atom stereocenters. The molecule has 0 aliphatic heterocycles. The van der Waals surface area contributed by atoms with Crippen molar-refractivity contribution in [1.82, 2.24) is 0 Å². The standard InChI is InChI=1S/C14H24O6/c1-6-7-18-8-11(12(16)9-19-10(2)15)13(17)20-14(3,4)5/h6,11-12,16H,1,7-9H2,2-5H3. The number of aliphatic hydroxyl groups excluding tert-OH is 1. The fraction of sp³-hybridized carbons (Fsp3) is 0.714. The first-order chi connectivity index (χ1) is 9.17. The fourth-order valence-electron chi connectivity index (χ4n) is 1.31. The number of carbonyl (C=O) groups excluding carboxylic acids is 2. The van der Waals surface area contributed by atoms with E-state index >= 15 is 0 Å². The predicted octanol–water partition coefficient (Wildman–Crippen LogP) is 1.07. The zero-order chi connectivity index (χ0) is 15.8. The van der Waals surface area contributed by atoms with Crippen molar-refractivity contribution in [3.63, 3.8) is 0 Å². The van der Waals surface area contributed by atoms with Crippen molar-refractivity contribution >= 4 is 11.9 Å². The van der Waals surface area contributed by atoms with Crippen LogP contribution in [0.25, 0.3) is 0 Å². The van der Waals surface area contributed by atoms with Crippen molar-refractivity contribution in [2.24, 2.45) is 5.92 Å². The quantitative estimate of drug-likeness (QED) is 0.409. The van der Waals surface area contributed by atoms with Crippen LogP contribution in [-0.4, -0.2) is 48.6 Å². The lowest BCUT2D eigenvalue weighted by molar-refractivity contribution is -0.170. The van der Waals surface area contributed by atoms with Crippen molar-refractivity contribution < 1.29 is 28.9 Å². The van der Waals surface area contributed by atoms with Gasteiger partial charge in [0.25, 0.3) is 0 Å². The van der Waals surface area contributed by atoms with Crippen LogP contribution in [0.5, 0.6) is 0 Å². The van der Waals surface area contributed by atoms with Crippen molar-refractivity contribution in [2.75, 3.05) is 19.8 Å². The third-order valence-electron chi connectivity index (χ3n) is 2.16. The first kappa shape index (κ1) is 18.6. The van der Waals surface area contributed by atoms with Gasteiger partial charge in [0.1, 0.15) is 24.2 Å². The van der Waals surface area contributed by atoms with Crippen LogP contribution in [0.15, 0.2) is 12.7 Å². The Morgan fingerprint density at radius 2 is 1.90 bits per heavy atom. The van der Waals surface area contributed by atoms with Gasteiger partial charge in [0.05, 0.1) is 13.2 Å². The summed E-state index contributed by atoms with van der Waals surface area (Å²) in [5.41, 5.74) is -0.672. The molecule has 0 fully saturated rings. The van der Waals surface area contributed by atoms with Gasteiger partial charge >= 0.3 is 11.9 Å². The highest BCUT2D eigenvalue weighted by Gasteiger charge is 2.32. The van der Waals surface area contributed by atoms with Crippen LogP contribution in [0.2, 0.25) is 0 Å². The van der Waals surface area contributed by atoms with Crippen LogP contribution < -0.4 is 0 Å². The van der Waals surface area contributed by atoms with E-state index in [-0.39, 0.29) is 19.8 Å². The maximum Gasteiger partial charge on any atom is 0.314 e. The van der Waals surface area contributed by atoms with E-state index in [1.807, 2.05) is 0 Å². The Balaban J connectivity index is 4.64. The van der Waals surface area contributed by atoms with Crippen molar-refractivity contribution in [3.8, 4) is 0 Å². The molecule has 0 bridgehead atoms. The second-order valence-electron chi connectivity index (χ2n) is 5.34. The highest BCUT2D eigenvalue weighted by molar-refractivity contribution is 5.74. The van der Waals surface area contributed by atoms with Gasteiger partial charge in [-0.3, -0.25) is 9.59 Å². The molecule has 0 spiro atoms. The molecular formula is C14H24O6. The molecule has 0 saturated carbocycles. The zero-order valence-electron chi connectivity index (χ0n) is 12.5. The summed E-state index contributed by atoms with van der Waals surface area (Å²) >= 11 is 0. The minimum absolute atomic E-state index is 0.0383. The highest BCUT2D eigenvalue weighted by Crippen LogP contribution is 2.15. The summed E-state index contributed by atoms with van der Waals surface area (Å²) in [6.45, 7) is 9.83. The first-order valence-electron chi connectivity index (χ1n) is 6.40. The number of rotatable bonds is 8. The van der Waals surface area contributed by atoms with Gasteiger partial charge in [-0.1, -0.05) is 6.08 Å². The number of hydrogen-bond donors (Lipinski definition) is 1. The molecule has 0 aliphatic rings. The topological polar surface area (TPSA) is 82.1 Å². The zero-order valence-corrected chi connectivity index (χ0v) is 12.5. The summed E-state index contributed by atoms with van der Waals surface area (Å²) in [5.74, 6) is -2.05. The molecule has 116 valence electrons. The SMILES string of the molecule is C=CCOCC(C(=O)OC(C)(C)C)C(O)COC(C)=O. The number of carbonyl (C=O) groups is 2. The Kier molecular flexibility index (Phi) is 8.10. The Labute approximate surface area is 119 Å². The number of hydrogen-bond acceptors (Lipinski definition) is 6. The minimum atomic E-state index is -1.18. The third-order valence-corrected chi connectivity index (χ3v) is 2.16. The molecular weight excluding hydrogens is 264 g/mol. The van der Waals surface area contributed by atoms with Gasteiger partial charge in [0, 0.05) is 6.92 Å². The largest absolute Gasteiger partial charge is 0.463 e. The molecule has 1 N–H and O–H groups in total. The van der Waals surface area contributed by atoms with Crippen LogP contribution in [-0.2, 0) is 23.8 Å². The summed E-state index contributed by atoms with van der Waals surface area (Å²) in [6, 6.07) is 0. The van der Waals surface area contributed by atoms with Gasteiger partial charge in [-0.2, -0.15) is 0 Å². The van der Waals surface area contributed by atoms with E-state index in [4.69, 9.17) is 14.2 Å². The number of esters is 2. The van der Waals surface area contributed by atoms with Crippen molar-refractivity contribution in [3.05, 3.63) is 12.7 Å².